The number of hydrogen-bond acceptors (Lipinski definition) is 6. The standard InChI is InChI=1S/C18H24N6/c19-15-9-14(10-15)16-11-17(23-18(20)22-16)24-7-3-13(4-8-24)12-1-5-21-6-2-12/h1-2,5-6,11,13-15H,3-4,7-10,19H2,(H2,20,22,23). The summed E-state index contributed by atoms with van der Waals surface area (Å²) in [6.07, 6.45) is 8.00. The van der Waals surface area contributed by atoms with Crippen molar-refractivity contribution in [2.45, 2.75) is 43.6 Å². The Morgan fingerprint density at radius 1 is 1.00 bits per heavy atom. The van der Waals surface area contributed by atoms with Crippen molar-refractivity contribution < 1.29 is 0 Å². The summed E-state index contributed by atoms with van der Waals surface area (Å²) in [6, 6.07) is 6.67. The van der Waals surface area contributed by atoms with Crippen molar-refractivity contribution >= 4 is 11.8 Å². The zero-order valence-electron chi connectivity index (χ0n) is 13.8. The SMILES string of the molecule is Nc1nc(C2CC(N)C2)cc(N2CCC(c3ccncc3)CC2)n1. The second-order valence-corrected chi connectivity index (χ2v) is 6.98. The van der Waals surface area contributed by atoms with E-state index in [0.29, 0.717) is 23.8 Å². The van der Waals surface area contributed by atoms with Gasteiger partial charge in [-0.3, -0.25) is 4.98 Å². The van der Waals surface area contributed by atoms with E-state index < -0.39 is 0 Å². The smallest absolute Gasteiger partial charge is 0.222 e. The molecule has 0 aromatic carbocycles. The molecule has 3 heterocycles. The van der Waals surface area contributed by atoms with Gasteiger partial charge in [-0.25, -0.2) is 4.98 Å². The number of nitrogen functional groups attached to an aromatic ring is 1. The number of anilines is 2. The highest BCUT2D eigenvalue weighted by Crippen LogP contribution is 2.36. The Morgan fingerprint density at radius 2 is 1.71 bits per heavy atom. The number of hydrogen-bond donors (Lipinski definition) is 2. The van der Waals surface area contributed by atoms with Crippen LogP contribution < -0.4 is 16.4 Å². The average molecular weight is 324 g/mol. The van der Waals surface area contributed by atoms with Crippen LogP contribution in [-0.2, 0) is 0 Å². The van der Waals surface area contributed by atoms with Crippen LogP contribution in [0.3, 0.4) is 0 Å². The molecule has 2 fully saturated rings. The van der Waals surface area contributed by atoms with Crippen LogP contribution in [0.5, 0.6) is 0 Å². The van der Waals surface area contributed by atoms with Gasteiger partial charge >= 0.3 is 0 Å². The minimum atomic E-state index is 0.311. The lowest BCUT2D eigenvalue weighted by atomic mass is 9.78. The van der Waals surface area contributed by atoms with Gasteiger partial charge in [0.15, 0.2) is 0 Å². The molecule has 1 saturated heterocycles. The van der Waals surface area contributed by atoms with Crippen molar-refractivity contribution in [3.63, 3.8) is 0 Å². The Labute approximate surface area is 142 Å². The van der Waals surface area contributed by atoms with Crippen LogP contribution in [0.1, 0.15) is 48.8 Å². The molecule has 0 bridgehead atoms. The Balaban J connectivity index is 1.45. The van der Waals surface area contributed by atoms with Gasteiger partial charge in [0, 0.05) is 43.5 Å². The monoisotopic (exact) mass is 324 g/mol. The molecule has 1 aliphatic carbocycles. The van der Waals surface area contributed by atoms with Gasteiger partial charge in [-0.15, -0.1) is 0 Å². The van der Waals surface area contributed by atoms with Crippen molar-refractivity contribution in [1.82, 2.24) is 15.0 Å². The second-order valence-electron chi connectivity index (χ2n) is 6.98. The van der Waals surface area contributed by atoms with Crippen molar-refractivity contribution in [2.75, 3.05) is 23.7 Å². The summed E-state index contributed by atoms with van der Waals surface area (Å²) >= 11 is 0. The third-order valence-electron chi connectivity index (χ3n) is 5.34. The number of nitrogens with two attached hydrogens (primary N) is 2. The summed E-state index contributed by atoms with van der Waals surface area (Å²) in [5, 5.41) is 0. The molecular weight excluding hydrogens is 300 g/mol. The van der Waals surface area contributed by atoms with Crippen molar-refractivity contribution in [1.29, 1.82) is 0 Å². The van der Waals surface area contributed by atoms with E-state index in [-0.39, 0.29) is 0 Å². The molecule has 2 aromatic heterocycles. The third-order valence-corrected chi connectivity index (χ3v) is 5.34. The van der Waals surface area contributed by atoms with Gasteiger partial charge in [0.2, 0.25) is 5.95 Å². The Kier molecular flexibility index (Phi) is 4.06. The minimum absolute atomic E-state index is 0.311. The molecule has 4 N–H and O–H groups in total. The molecule has 2 aliphatic rings. The highest BCUT2D eigenvalue weighted by Gasteiger charge is 2.30. The van der Waals surface area contributed by atoms with E-state index in [9.17, 15) is 0 Å². The molecule has 1 saturated carbocycles. The predicted octanol–water partition coefficient (Wildman–Crippen LogP) is 2.04. The van der Waals surface area contributed by atoms with E-state index in [1.807, 2.05) is 12.4 Å². The molecule has 6 nitrogen and oxygen atoms in total. The van der Waals surface area contributed by atoms with E-state index in [2.05, 4.69) is 38.1 Å². The predicted molar refractivity (Wildman–Crippen MR) is 94.8 cm³/mol. The van der Waals surface area contributed by atoms with Gasteiger partial charge in [0.1, 0.15) is 5.82 Å². The first-order valence-corrected chi connectivity index (χ1v) is 8.74. The number of rotatable bonds is 3. The molecule has 0 atom stereocenters. The molecule has 24 heavy (non-hydrogen) atoms. The molecule has 0 amide bonds. The van der Waals surface area contributed by atoms with E-state index in [1.165, 1.54) is 5.56 Å². The van der Waals surface area contributed by atoms with Gasteiger partial charge in [0.25, 0.3) is 0 Å². The number of nitrogens with zero attached hydrogens (tertiary/aromatic N) is 4. The summed E-state index contributed by atoms with van der Waals surface area (Å²) in [5.74, 6) is 2.39. The molecule has 6 heteroatoms. The fourth-order valence-electron chi connectivity index (χ4n) is 3.82. The lowest BCUT2D eigenvalue weighted by Gasteiger charge is -2.35. The maximum Gasteiger partial charge on any atom is 0.222 e. The summed E-state index contributed by atoms with van der Waals surface area (Å²) in [7, 11) is 0. The quantitative estimate of drug-likeness (QED) is 0.897. The minimum Gasteiger partial charge on any atom is -0.368 e. The Hall–Kier alpha value is -2.21. The van der Waals surface area contributed by atoms with Crippen LogP contribution in [-0.4, -0.2) is 34.1 Å². The summed E-state index contributed by atoms with van der Waals surface area (Å²) < 4.78 is 0. The van der Waals surface area contributed by atoms with Crippen LogP contribution in [0.2, 0.25) is 0 Å². The average Bonchev–Trinajstić information content (AvgIpc) is 2.59. The maximum atomic E-state index is 5.95. The Morgan fingerprint density at radius 3 is 2.38 bits per heavy atom. The van der Waals surface area contributed by atoms with Crippen LogP contribution in [0.25, 0.3) is 0 Å². The first kappa shape index (κ1) is 15.3. The topological polar surface area (TPSA) is 93.9 Å². The van der Waals surface area contributed by atoms with Gasteiger partial charge in [-0.05, 0) is 49.3 Å². The molecule has 1 aliphatic heterocycles. The number of aromatic nitrogens is 3. The molecule has 4 rings (SSSR count). The fourth-order valence-corrected chi connectivity index (χ4v) is 3.82. The summed E-state index contributed by atoms with van der Waals surface area (Å²) in [5.41, 5.74) is 14.3. The van der Waals surface area contributed by atoms with Gasteiger partial charge in [-0.1, -0.05) is 0 Å². The summed E-state index contributed by atoms with van der Waals surface area (Å²) in [6.45, 7) is 1.99. The third kappa shape index (κ3) is 3.06. The lowest BCUT2D eigenvalue weighted by molar-refractivity contribution is 0.345. The summed E-state index contributed by atoms with van der Waals surface area (Å²) in [4.78, 5) is 15.3. The van der Waals surface area contributed by atoms with E-state index in [4.69, 9.17) is 11.5 Å². The van der Waals surface area contributed by atoms with Crippen LogP contribution in [0.15, 0.2) is 30.6 Å². The largest absolute Gasteiger partial charge is 0.368 e. The van der Waals surface area contributed by atoms with Crippen molar-refractivity contribution in [3.8, 4) is 0 Å². The number of piperidine rings is 1. The molecular formula is C18H24N6. The first-order chi connectivity index (χ1) is 11.7. The molecule has 0 spiro atoms. The van der Waals surface area contributed by atoms with E-state index in [0.717, 1.165) is 50.3 Å². The van der Waals surface area contributed by atoms with Gasteiger partial charge in [0.05, 0.1) is 5.69 Å². The second kappa shape index (κ2) is 6.36. The van der Waals surface area contributed by atoms with Crippen LogP contribution in [0.4, 0.5) is 11.8 Å². The lowest BCUT2D eigenvalue weighted by Crippen LogP contribution is -2.36. The first-order valence-electron chi connectivity index (χ1n) is 8.74. The van der Waals surface area contributed by atoms with Crippen LogP contribution in [0, 0.1) is 0 Å². The molecule has 126 valence electrons. The normalized spacial score (nSPS) is 24.6. The van der Waals surface area contributed by atoms with E-state index >= 15 is 0 Å². The van der Waals surface area contributed by atoms with Crippen molar-refractivity contribution in [3.05, 3.63) is 41.9 Å². The van der Waals surface area contributed by atoms with Gasteiger partial charge < -0.3 is 16.4 Å². The van der Waals surface area contributed by atoms with Crippen molar-refractivity contribution in [2.24, 2.45) is 5.73 Å². The fraction of sp³-hybridized carbons (Fsp3) is 0.500. The molecule has 2 aromatic rings. The van der Waals surface area contributed by atoms with Crippen LogP contribution >= 0.6 is 0 Å². The van der Waals surface area contributed by atoms with E-state index in [1.54, 1.807) is 0 Å². The van der Waals surface area contributed by atoms with Gasteiger partial charge in [-0.2, -0.15) is 4.98 Å². The highest BCUT2D eigenvalue weighted by atomic mass is 15.2. The molecule has 0 unspecified atom stereocenters. The highest BCUT2D eigenvalue weighted by molar-refractivity contribution is 5.45. The zero-order chi connectivity index (χ0) is 16.5. The molecule has 0 radical (unpaired) electrons. The number of pyridine rings is 1. The zero-order valence-corrected chi connectivity index (χ0v) is 13.8. The maximum absolute atomic E-state index is 5.95. The Bertz CT molecular complexity index is 690.